The number of fused-ring (bicyclic) bond motifs is 1. The number of rotatable bonds is 6. The van der Waals surface area contributed by atoms with E-state index in [1.807, 2.05) is 30.9 Å². The predicted octanol–water partition coefficient (Wildman–Crippen LogP) is 3.42. The summed E-state index contributed by atoms with van der Waals surface area (Å²) < 4.78 is 5.20. The SMILES string of the molecule is Cc1cc(Nc2ncc3c(n2)N(c2cccc(N4C(=O)OC[C@@H]4C)n2)C[C@]3(C)CO)ccc1N1CCN(C)CC1. The normalized spacial score (nSPS) is 23.0. The molecule has 0 bridgehead atoms. The molecule has 3 aliphatic heterocycles. The Morgan fingerprint density at radius 3 is 2.60 bits per heavy atom. The first kappa shape index (κ1) is 26.3. The van der Waals surface area contributed by atoms with E-state index in [4.69, 9.17) is 14.7 Å². The molecule has 2 saturated heterocycles. The molecule has 11 nitrogen and oxygen atoms in total. The number of piperazine rings is 1. The van der Waals surface area contributed by atoms with Crippen molar-refractivity contribution in [2.75, 3.05) is 73.0 Å². The third-order valence-electron chi connectivity index (χ3n) is 8.16. The van der Waals surface area contributed by atoms with Crippen molar-refractivity contribution in [1.29, 1.82) is 0 Å². The Hall–Kier alpha value is -3.96. The number of carbonyl (C=O) groups excluding carboxylic acids is 1. The largest absolute Gasteiger partial charge is 0.447 e. The predicted molar refractivity (Wildman–Crippen MR) is 155 cm³/mol. The van der Waals surface area contributed by atoms with E-state index in [0.29, 0.717) is 36.6 Å². The van der Waals surface area contributed by atoms with Crippen molar-refractivity contribution in [2.24, 2.45) is 0 Å². The number of nitrogens with one attached hydrogen (secondary N) is 1. The van der Waals surface area contributed by atoms with Gasteiger partial charge in [0.25, 0.3) is 0 Å². The van der Waals surface area contributed by atoms with E-state index in [1.165, 1.54) is 11.3 Å². The van der Waals surface area contributed by atoms with E-state index in [-0.39, 0.29) is 12.6 Å². The lowest BCUT2D eigenvalue weighted by molar-refractivity contribution is 0.179. The molecule has 2 atom stereocenters. The van der Waals surface area contributed by atoms with Crippen LogP contribution in [-0.2, 0) is 10.2 Å². The number of nitrogens with zero attached hydrogens (tertiary/aromatic N) is 7. The average Bonchev–Trinajstić information content (AvgIpc) is 3.45. The van der Waals surface area contributed by atoms with Crippen molar-refractivity contribution < 1.29 is 14.6 Å². The Balaban J connectivity index is 1.28. The highest BCUT2D eigenvalue weighted by Crippen LogP contribution is 2.43. The van der Waals surface area contributed by atoms with Crippen molar-refractivity contribution in [2.45, 2.75) is 32.2 Å². The van der Waals surface area contributed by atoms with E-state index in [0.717, 1.165) is 37.4 Å². The van der Waals surface area contributed by atoms with Gasteiger partial charge in [0.2, 0.25) is 5.95 Å². The van der Waals surface area contributed by atoms with Crippen molar-refractivity contribution in [3.8, 4) is 0 Å². The van der Waals surface area contributed by atoms with Gasteiger partial charge in [0.05, 0.1) is 12.6 Å². The highest BCUT2D eigenvalue weighted by molar-refractivity contribution is 5.89. The summed E-state index contributed by atoms with van der Waals surface area (Å²) in [7, 11) is 2.16. The van der Waals surface area contributed by atoms with Gasteiger partial charge in [0, 0.05) is 61.3 Å². The zero-order valence-corrected chi connectivity index (χ0v) is 23.5. The Labute approximate surface area is 234 Å². The first-order chi connectivity index (χ1) is 19.3. The van der Waals surface area contributed by atoms with E-state index in [2.05, 4.69) is 52.3 Å². The Kier molecular flexibility index (Phi) is 6.71. The molecule has 1 amide bonds. The van der Waals surface area contributed by atoms with Crippen molar-refractivity contribution in [1.82, 2.24) is 19.9 Å². The van der Waals surface area contributed by atoms with E-state index >= 15 is 0 Å². The van der Waals surface area contributed by atoms with Crippen LogP contribution in [0.2, 0.25) is 0 Å². The number of likely N-dealkylation sites (N-methyl/N-ethyl adjacent to an activating group) is 1. The molecule has 0 spiro atoms. The number of aryl methyl sites for hydroxylation is 1. The molecule has 0 unspecified atom stereocenters. The van der Waals surface area contributed by atoms with Crippen LogP contribution in [0.25, 0.3) is 0 Å². The second-order valence-electron chi connectivity index (χ2n) is 11.3. The minimum atomic E-state index is -0.563. The Bertz CT molecular complexity index is 1430. The van der Waals surface area contributed by atoms with Crippen LogP contribution < -0.4 is 20.0 Å². The van der Waals surface area contributed by atoms with E-state index in [1.54, 1.807) is 17.2 Å². The van der Waals surface area contributed by atoms with Gasteiger partial charge in [0.1, 0.15) is 24.1 Å². The van der Waals surface area contributed by atoms with Crippen molar-refractivity contribution in [3.63, 3.8) is 0 Å². The smallest absolute Gasteiger partial charge is 0.415 e. The highest BCUT2D eigenvalue weighted by atomic mass is 16.6. The number of hydrogen-bond donors (Lipinski definition) is 2. The number of hydrogen-bond acceptors (Lipinski definition) is 10. The summed E-state index contributed by atoms with van der Waals surface area (Å²) in [5.41, 5.74) is 3.64. The lowest BCUT2D eigenvalue weighted by Gasteiger charge is -2.35. The maximum atomic E-state index is 12.3. The first-order valence-electron chi connectivity index (χ1n) is 13.8. The third-order valence-corrected chi connectivity index (χ3v) is 8.16. The third kappa shape index (κ3) is 4.69. The number of aromatic nitrogens is 3. The van der Waals surface area contributed by atoms with E-state index < -0.39 is 11.5 Å². The minimum absolute atomic E-state index is 0.0608. The number of carbonyl (C=O) groups is 1. The molecule has 5 heterocycles. The molecule has 40 heavy (non-hydrogen) atoms. The molecule has 210 valence electrons. The summed E-state index contributed by atoms with van der Waals surface area (Å²) in [4.78, 5) is 34.9. The van der Waals surface area contributed by atoms with Gasteiger partial charge in [-0.25, -0.2) is 14.8 Å². The van der Waals surface area contributed by atoms with Crippen LogP contribution in [-0.4, -0.2) is 90.1 Å². The molecule has 0 radical (unpaired) electrons. The van der Waals surface area contributed by atoms with Gasteiger partial charge < -0.3 is 29.9 Å². The van der Waals surface area contributed by atoms with Crippen LogP contribution in [0, 0.1) is 6.92 Å². The summed E-state index contributed by atoms with van der Waals surface area (Å²) >= 11 is 0. The maximum Gasteiger partial charge on any atom is 0.415 e. The molecule has 2 aromatic heterocycles. The number of ether oxygens (including phenoxy) is 1. The molecule has 3 aliphatic rings. The molecule has 2 N–H and O–H groups in total. The maximum absolute atomic E-state index is 12.3. The molecule has 6 rings (SSSR count). The van der Waals surface area contributed by atoms with Gasteiger partial charge >= 0.3 is 6.09 Å². The van der Waals surface area contributed by atoms with Gasteiger partial charge in [-0.3, -0.25) is 4.90 Å². The van der Waals surface area contributed by atoms with Crippen LogP contribution in [0.1, 0.15) is 25.0 Å². The van der Waals surface area contributed by atoms with Crippen LogP contribution in [0.5, 0.6) is 0 Å². The lowest BCUT2D eigenvalue weighted by atomic mass is 9.87. The van der Waals surface area contributed by atoms with Gasteiger partial charge in [-0.1, -0.05) is 13.0 Å². The molecule has 0 aliphatic carbocycles. The Morgan fingerprint density at radius 1 is 1.12 bits per heavy atom. The minimum Gasteiger partial charge on any atom is -0.447 e. The fourth-order valence-electron chi connectivity index (χ4n) is 5.69. The van der Waals surface area contributed by atoms with Crippen LogP contribution in [0.4, 0.5) is 39.6 Å². The zero-order valence-electron chi connectivity index (χ0n) is 23.5. The molecule has 2 fully saturated rings. The zero-order chi connectivity index (χ0) is 28.0. The van der Waals surface area contributed by atoms with Crippen molar-refractivity contribution in [3.05, 3.63) is 53.7 Å². The molecular formula is C29H36N8O3. The van der Waals surface area contributed by atoms with Crippen LogP contribution in [0.3, 0.4) is 0 Å². The fraction of sp³-hybridized carbons (Fsp3) is 0.448. The average molecular weight is 545 g/mol. The number of aliphatic hydroxyl groups excluding tert-OH is 1. The standard InChI is InChI=1S/C29H36N8O3/c1-19-14-21(8-9-23(19)35-12-10-34(4)11-13-35)31-27-30-15-22-26(33-27)36(17-29(22,3)18-38)24-6-5-7-25(32-24)37-20(2)16-40-28(37)39/h5-9,14-15,20,38H,10-13,16-18H2,1-4H3,(H,30,31,33)/t20-,29+/m0/s1. The molecule has 3 aromatic rings. The van der Waals surface area contributed by atoms with Crippen LogP contribution >= 0.6 is 0 Å². The summed E-state index contributed by atoms with van der Waals surface area (Å²) in [6.07, 6.45) is 1.39. The van der Waals surface area contributed by atoms with Crippen LogP contribution in [0.15, 0.2) is 42.6 Å². The van der Waals surface area contributed by atoms with Gasteiger partial charge in [0.15, 0.2) is 0 Å². The number of amides is 1. The first-order valence-corrected chi connectivity index (χ1v) is 13.8. The summed E-state index contributed by atoms with van der Waals surface area (Å²) in [6, 6.07) is 11.8. The molecule has 11 heteroatoms. The van der Waals surface area contributed by atoms with E-state index in [9.17, 15) is 9.90 Å². The topological polar surface area (TPSA) is 110 Å². The number of benzene rings is 1. The summed E-state index contributed by atoms with van der Waals surface area (Å²) in [6.45, 7) is 11.0. The fourth-order valence-corrected chi connectivity index (χ4v) is 5.69. The summed E-state index contributed by atoms with van der Waals surface area (Å²) in [5.74, 6) is 2.31. The lowest BCUT2D eigenvalue weighted by Crippen LogP contribution is -2.44. The number of pyridine rings is 1. The van der Waals surface area contributed by atoms with Crippen molar-refractivity contribution >= 4 is 40.9 Å². The molecule has 0 saturated carbocycles. The number of anilines is 6. The quantitative estimate of drug-likeness (QED) is 0.479. The monoisotopic (exact) mass is 544 g/mol. The molecular weight excluding hydrogens is 508 g/mol. The van der Waals surface area contributed by atoms with Gasteiger partial charge in [-0.2, -0.15) is 4.98 Å². The van der Waals surface area contributed by atoms with Gasteiger partial charge in [-0.15, -0.1) is 0 Å². The second-order valence-corrected chi connectivity index (χ2v) is 11.3. The molecule has 1 aromatic carbocycles. The second kappa shape index (κ2) is 10.2. The number of aliphatic hydroxyl groups is 1. The van der Waals surface area contributed by atoms with Gasteiger partial charge in [-0.05, 0) is 56.8 Å². The summed E-state index contributed by atoms with van der Waals surface area (Å²) in [5, 5.41) is 13.7. The highest BCUT2D eigenvalue weighted by Gasteiger charge is 2.42. The Morgan fingerprint density at radius 2 is 1.90 bits per heavy atom. The number of cyclic esters (lactones) is 1.